The van der Waals surface area contributed by atoms with Crippen LogP contribution in [0.15, 0.2) is 30.3 Å². The molecule has 1 aromatic carbocycles. The number of unbranched alkanes of at least 4 members (excludes halogenated alkanes) is 2. The second kappa shape index (κ2) is 7.68. The minimum absolute atomic E-state index is 0.400. The van der Waals surface area contributed by atoms with Crippen LogP contribution in [0.25, 0.3) is 0 Å². The molecule has 4 heteroatoms. The summed E-state index contributed by atoms with van der Waals surface area (Å²) in [5, 5.41) is 8.94. The van der Waals surface area contributed by atoms with Crippen LogP contribution in [0, 0.1) is 0 Å². The first-order valence-corrected chi connectivity index (χ1v) is 5.80. The van der Waals surface area contributed by atoms with E-state index in [-0.39, 0.29) is 0 Å². The largest absolute Gasteiger partial charge is 0.477 e. The van der Waals surface area contributed by atoms with E-state index >= 15 is 0 Å². The SMILES string of the molecule is CCCCCOC(Oc1ccccc1)C(=O)O. The highest BCUT2D eigenvalue weighted by molar-refractivity contribution is 5.71. The fraction of sp³-hybridized carbons (Fsp3) is 0.462. The molecule has 0 fully saturated rings. The van der Waals surface area contributed by atoms with Crippen LogP contribution in [0.2, 0.25) is 0 Å². The van der Waals surface area contributed by atoms with Gasteiger partial charge in [0.25, 0.3) is 6.29 Å². The normalized spacial score (nSPS) is 12.1. The number of aliphatic carboxylic acids is 1. The third-order valence-corrected chi connectivity index (χ3v) is 2.21. The van der Waals surface area contributed by atoms with Crippen molar-refractivity contribution in [3.05, 3.63) is 30.3 Å². The standard InChI is InChI=1S/C13H18O4/c1-2-3-7-10-16-13(12(14)15)17-11-8-5-4-6-9-11/h4-6,8-9,13H,2-3,7,10H2,1H3,(H,14,15). The van der Waals surface area contributed by atoms with Gasteiger partial charge in [0.05, 0.1) is 6.61 Å². The molecule has 4 nitrogen and oxygen atoms in total. The van der Waals surface area contributed by atoms with Crippen molar-refractivity contribution in [2.45, 2.75) is 32.5 Å². The number of para-hydroxylation sites is 1. The van der Waals surface area contributed by atoms with E-state index in [9.17, 15) is 4.79 Å². The second-order valence-corrected chi connectivity index (χ2v) is 3.68. The molecule has 0 aliphatic carbocycles. The summed E-state index contributed by atoms with van der Waals surface area (Å²) in [4.78, 5) is 10.9. The summed E-state index contributed by atoms with van der Waals surface area (Å²) in [6.45, 7) is 2.48. The van der Waals surface area contributed by atoms with Gasteiger partial charge in [-0.3, -0.25) is 0 Å². The van der Waals surface area contributed by atoms with Gasteiger partial charge >= 0.3 is 5.97 Å². The van der Waals surface area contributed by atoms with Crippen molar-refractivity contribution in [1.82, 2.24) is 0 Å². The lowest BCUT2D eigenvalue weighted by atomic mass is 10.3. The molecule has 0 radical (unpaired) electrons. The Bertz CT molecular complexity index is 323. The van der Waals surface area contributed by atoms with Crippen LogP contribution in [-0.4, -0.2) is 24.0 Å². The quantitative estimate of drug-likeness (QED) is 0.559. The van der Waals surface area contributed by atoms with Gasteiger partial charge in [-0.05, 0) is 18.6 Å². The summed E-state index contributed by atoms with van der Waals surface area (Å²) in [7, 11) is 0. The Morgan fingerprint density at radius 1 is 1.29 bits per heavy atom. The van der Waals surface area contributed by atoms with Gasteiger partial charge in [0.15, 0.2) is 0 Å². The van der Waals surface area contributed by atoms with E-state index in [0.717, 1.165) is 19.3 Å². The number of carbonyl (C=O) groups is 1. The maximum Gasteiger partial charge on any atom is 0.373 e. The molecule has 0 bridgehead atoms. The van der Waals surface area contributed by atoms with Crippen molar-refractivity contribution in [3.63, 3.8) is 0 Å². The van der Waals surface area contributed by atoms with Gasteiger partial charge in [-0.1, -0.05) is 38.0 Å². The lowest BCUT2D eigenvalue weighted by Gasteiger charge is -2.15. The first-order valence-electron chi connectivity index (χ1n) is 5.80. The molecule has 0 saturated heterocycles. The number of rotatable bonds is 8. The van der Waals surface area contributed by atoms with Crippen molar-refractivity contribution in [2.24, 2.45) is 0 Å². The summed E-state index contributed by atoms with van der Waals surface area (Å²) in [5.74, 6) is -0.610. The van der Waals surface area contributed by atoms with Crippen LogP contribution in [0.4, 0.5) is 0 Å². The van der Waals surface area contributed by atoms with Gasteiger partial charge in [-0.15, -0.1) is 0 Å². The molecule has 1 atom stereocenters. The first-order chi connectivity index (χ1) is 8.24. The molecule has 1 rings (SSSR count). The number of hydrogen-bond acceptors (Lipinski definition) is 3. The zero-order valence-electron chi connectivity index (χ0n) is 9.96. The topological polar surface area (TPSA) is 55.8 Å². The van der Waals surface area contributed by atoms with Crippen LogP contribution < -0.4 is 4.74 Å². The third kappa shape index (κ3) is 5.36. The highest BCUT2D eigenvalue weighted by atomic mass is 16.7. The molecule has 0 aliphatic heterocycles. The van der Waals surface area contributed by atoms with Gasteiger partial charge in [0.1, 0.15) is 5.75 Å². The van der Waals surface area contributed by atoms with Crippen LogP contribution in [0.1, 0.15) is 26.2 Å². The molecule has 1 aromatic rings. The number of carboxylic acids is 1. The summed E-state index contributed by atoms with van der Waals surface area (Å²) in [6, 6.07) is 8.80. The summed E-state index contributed by atoms with van der Waals surface area (Å²) < 4.78 is 10.4. The predicted molar refractivity (Wildman–Crippen MR) is 64.0 cm³/mol. The van der Waals surface area contributed by atoms with Gasteiger partial charge in [-0.2, -0.15) is 0 Å². The molecule has 0 heterocycles. The Balaban J connectivity index is 2.41. The molecule has 0 spiro atoms. The van der Waals surface area contributed by atoms with Crippen LogP contribution >= 0.6 is 0 Å². The van der Waals surface area contributed by atoms with Crippen molar-refractivity contribution in [2.75, 3.05) is 6.61 Å². The Kier molecular flexibility index (Phi) is 6.10. The van der Waals surface area contributed by atoms with E-state index < -0.39 is 12.3 Å². The van der Waals surface area contributed by atoms with Crippen molar-refractivity contribution < 1.29 is 19.4 Å². The Hall–Kier alpha value is -1.55. The molecule has 17 heavy (non-hydrogen) atoms. The average molecular weight is 238 g/mol. The van der Waals surface area contributed by atoms with Gasteiger partial charge in [0, 0.05) is 0 Å². The Morgan fingerprint density at radius 2 is 2.00 bits per heavy atom. The lowest BCUT2D eigenvalue weighted by Crippen LogP contribution is -2.30. The fourth-order valence-corrected chi connectivity index (χ4v) is 1.32. The maximum absolute atomic E-state index is 10.9. The molecule has 1 unspecified atom stereocenters. The molecule has 94 valence electrons. The fourth-order valence-electron chi connectivity index (χ4n) is 1.32. The van der Waals surface area contributed by atoms with Crippen LogP contribution in [-0.2, 0) is 9.53 Å². The van der Waals surface area contributed by atoms with Crippen LogP contribution in [0.3, 0.4) is 0 Å². The number of carboxylic acid groups (broad SMARTS) is 1. The predicted octanol–water partition coefficient (Wildman–Crippen LogP) is 2.68. The van der Waals surface area contributed by atoms with Crippen LogP contribution in [0.5, 0.6) is 5.75 Å². The van der Waals surface area contributed by atoms with E-state index in [1.165, 1.54) is 0 Å². The number of benzene rings is 1. The highest BCUT2D eigenvalue weighted by Gasteiger charge is 2.19. The lowest BCUT2D eigenvalue weighted by molar-refractivity contribution is -0.171. The summed E-state index contributed by atoms with van der Waals surface area (Å²) in [6.07, 6.45) is 1.71. The molecule has 0 saturated carbocycles. The van der Waals surface area contributed by atoms with Crippen molar-refractivity contribution in [1.29, 1.82) is 0 Å². The van der Waals surface area contributed by atoms with E-state index in [2.05, 4.69) is 6.92 Å². The molecule has 0 aliphatic rings. The Labute approximate surface area is 101 Å². The maximum atomic E-state index is 10.9. The average Bonchev–Trinajstić information content (AvgIpc) is 2.34. The third-order valence-electron chi connectivity index (χ3n) is 2.21. The van der Waals surface area contributed by atoms with Crippen molar-refractivity contribution >= 4 is 5.97 Å². The van der Waals surface area contributed by atoms with E-state index in [1.807, 2.05) is 6.07 Å². The molecular formula is C13H18O4. The van der Waals surface area contributed by atoms with Gasteiger partial charge in [-0.25, -0.2) is 4.79 Å². The molecule has 0 amide bonds. The van der Waals surface area contributed by atoms with Gasteiger partial charge < -0.3 is 14.6 Å². The van der Waals surface area contributed by atoms with Gasteiger partial charge in [0.2, 0.25) is 0 Å². The van der Waals surface area contributed by atoms with E-state index in [4.69, 9.17) is 14.6 Å². The minimum atomic E-state index is -1.23. The zero-order chi connectivity index (χ0) is 12.5. The highest BCUT2D eigenvalue weighted by Crippen LogP contribution is 2.12. The summed E-state index contributed by atoms with van der Waals surface area (Å²) in [5.41, 5.74) is 0. The number of ether oxygens (including phenoxy) is 2. The monoisotopic (exact) mass is 238 g/mol. The first kappa shape index (κ1) is 13.5. The molecule has 1 N–H and O–H groups in total. The zero-order valence-corrected chi connectivity index (χ0v) is 9.96. The minimum Gasteiger partial charge on any atom is -0.477 e. The molecular weight excluding hydrogens is 220 g/mol. The summed E-state index contributed by atoms with van der Waals surface area (Å²) >= 11 is 0. The Morgan fingerprint density at radius 3 is 2.59 bits per heavy atom. The smallest absolute Gasteiger partial charge is 0.373 e. The second-order valence-electron chi connectivity index (χ2n) is 3.68. The number of hydrogen-bond donors (Lipinski definition) is 1. The molecule has 0 aromatic heterocycles. The van der Waals surface area contributed by atoms with E-state index in [1.54, 1.807) is 24.3 Å². The van der Waals surface area contributed by atoms with Crippen molar-refractivity contribution in [3.8, 4) is 5.75 Å². The van der Waals surface area contributed by atoms with E-state index in [0.29, 0.717) is 12.4 Å².